The molecule has 2 aliphatic rings. The smallest absolute Gasteiger partial charge is 0.276 e. The van der Waals surface area contributed by atoms with Crippen LogP contribution in [0.2, 0.25) is 0 Å². The van der Waals surface area contributed by atoms with E-state index in [-0.39, 0.29) is 30.4 Å². The van der Waals surface area contributed by atoms with E-state index in [0.717, 1.165) is 25.3 Å². The van der Waals surface area contributed by atoms with Gasteiger partial charge in [0, 0.05) is 30.4 Å². The Hall–Kier alpha value is -3.27. The van der Waals surface area contributed by atoms with Gasteiger partial charge in [-0.05, 0) is 24.8 Å². The van der Waals surface area contributed by atoms with Crippen LogP contribution in [0.25, 0.3) is 0 Å². The number of nitrogens with one attached hydrogen (secondary N) is 1. The first-order valence-electron chi connectivity index (χ1n) is 10.5. The summed E-state index contributed by atoms with van der Waals surface area (Å²) in [6.07, 6.45) is 3.21. The van der Waals surface area contributed by atoms with Crippen LogP contribution in [0.3, 0.4) is 0 Å². The van der Waals surface area contributed by atoms with Gasteiger partial charge in [-0.3, -0.25) is 14.4 Å². The Morgan fingerprint density at radius 2 is 2.03 bits per heavy atom. The molecule has 2 heterocycles. The van der Waals surface area contributed by atoms with Crippen molar-refractivity contribution in [2.45, 2.75) is 51.5 Å². The lowest BCUT2D eigenvalue weighted by Gasteiger charge is -2.48. The van der Waals surface area contributed by atoms with Crippen LogP contribution in [0.5, 0.6) is 5.75 Å². The number of hydrogen-bond donors (Lipinski definition) is 3. The van der Waals surface area contributed by atoms with Crippen LogP contribution in [0.1, 0.15) is 52.6 Å². The normalized spacial score (nSPS) is 22.3. The second-order valence-corrected chi connectivity index (χ2v) is 8.23. The topological polar surface area (TPSA) is 118 Å². The van der Waals surface area contributed by atoms with Gasteiger partial charge in [-0.2, -0.15) is 0 Å². The van der Waals surface area contributed by atoms with Gasteiger partial charge in [-0.25, -0.2) is 8.78 Å². The minimum Gasteiger partial charge on any atom is -0.503 e. The molecule has 4 N–H and O–H groups in total. The summed E-state index contributed by atoms with van der Waals surface area (Å²) in [4.78, 5) is 39.9. The van der Waals surface area contributed by atoms with E-state index in [0.29, 0.717) is 12.0 Å². The van der Waals surface area contributed by atoms with Crippen molar-refractivity contribution in [3.8, 4) is 5.75 Å². The molecule has 0 spiro atoms. The maximum absolute atomic E-state index is 13.8. The lowest BCUT2D eigenvalue weighted by Crippen LogP contribution is -2.61. The first kappa shape index (κ1) is 21.9. The van der Waals surface area contributed by atoms with Crippen LogP contribution in [-0.2, 0) is 13.1 Å². The SMILES string of the molecule is CC[C@@H]1CCC1N1C(=O)c2c(O)c(=O)c(C(=O)NCc3ccc(F)cc3F)cn2CC1N. The second kappa shape index (κ2) is 8.34. The number of benzene rings is 1. The standard InChI is InChI=1S/C22H24F2N4O4/c1-2-11-4-6-16(11)28-17(25)10-27-9-14(19(29)20(30)18(27)22(28)32)21(31)26-8-12-3-5-13(23)7-15(12)24/h3,5,7,9,11,16-17,30H,2,4,6,8,10,25H2,1H3,(H,26,31)/t11-,16?,17?/m1/s1. The summed E-state index contributed by atoms with van der Waals surface area (Å²) in [7, 11) is 0. The van der Waals surface area contributed by atoms with Gasteiger partial charge in [0.2, 0.25) is 5.43 Å². The monoisotopic (exact) mass is 446 g/mol. The molecule has 2 unspecified atom stereocenters. The summed E-state index contributed by atoms with van der Waals surface area (Å²) in [6, 6.07) is 2.87. The average Bonchev–Trinajstić information content (AvgIpc) is 2.72. The van der Waals surface area contributed by atoms with Crippen LogP contribution in [0.4, 0.5) is 8.78 Å². The van der Waals surface area contributed by atoms with Crippen molar-refractivity contribution in [1.82, 2.24) is 14.8 Å². The zero-order chi connectivity index (χ0) is 23.2. The predicted octanol–water partition coefficient (Wildman–Crippen LogP) is 1.69. The number of halogens is 2. The zero-order valence-corrected chi connectivity index (χ0v) is 17.5. The highest BCUT2D eigenvalue weighted by molar-refractivity contribution is 5.99. The third-order valence-electron chi connectivity index (χ3n) is 6.39. The predicted molar refractivity (Wildman–Crippen MR) is 111 cm³/mol. The minimum atomic E-state index is -1.00. The molecular formula is C22H24F2N4O4. The third-order valence-corrected chi connectivity index (χ3v) is 6.39. The molecule has 0 saturated heterocycles. The van der Waals surface area contributed by atoms with Crippen LogP contribution >= 0.6 is 0 Å². The maximum Gasteiger partial charge on any atom is 0.276 e. The van der Waals surface area contributed by atoms with E-state index in [9.17, 15) is 28.3 Å². The highest BCUT2D eigenvalue weighted by atomic mass is 19.1. The quantitative estimate of drug-likeness (QED) is 0.646. The fourth-order valence-corrected chi connectivity index (χ4v) is 4.47. The van der Waals surface area contributed by atoms with Crippen molar-refractivity contribution in [2.75, 3.05) is 0 Å². The Morgan fingerprint density at radius 3 is 2.66 bits per heavy atom. The summed E-state index contributed by atoms with van der Waals surface area (Å²) in [6.45, 7) is 1.85. The van der Waals surface area contributed by atoms with Crippen molar-refractivity contribution >= 4 is 11.8 Å². The van der Waals surface area contributed by atoms with Crippen molar-refractivity contribution in [2.24, 2.45) is 11.7 Å². The van der Waals surface area contributed by atoms with E-state index in [1.54, 1.807) is 0 Å². The average molecular weight is 446 g/mol. The largest absolute Gasteiger partial charge is 0.503 e. The van der Waals surface area contributed by atoms with Gasteiger partial charge < -0.3 is 25.6 Å². The van der Waals surface area contributed by atoms with Crippen molar-refractivity contribution in [1.29, 1.82) is 0 Å². The van der Waals surface area contributed by atoms with Crippen LogP contribution < -0.4 is 16.5 Å². The number of aromatic nitrogens is 1. The van der Waals surface area contributed by atoms with E-state index < -0.39 is 46.4 Å². The number of nitrogens with zero attached hydrogens (tertiary/aromatic N) is 2. The number of amides is 2. The van der Waals surface area contributed by atoms with Gasteiger partial charge in [-0.1, -0.05) is 19.4 Å². The number of rotatable bonds is 5. The summed E-state index contributed by atoms with van der Waals surface area (Å²) in [5, 5.41) is 12.9. The van der Waals surface area contributed by atoms with E-state index in [1.807, 2.05) is 6.92 Å². The molecule has 4 rings (SSSR count). The zero-order valence-electron chi connectivity index (χ0n) is 17.5. The molecule has 1 fully saturated rings. The van der Waals surface area contributed by atoms with Gasteiger partial charge >= 0.3 is 0 Å². The Bertz CT molecular complexity index is 1150. The lowest BCUT2D eigenvalue weighted by atomic mass is 9.76. The molecule has 10 heteroatoms. The number of fused-ring (bicyclic) bond motifs is 1. The van der Waals surface area contributed by atoms with Crippen molar-refractivity contribution in [3.05, 3.63) is 63.1 Å². The molecule has 0 bridgehead atoms. The maximum atomic E-state index is 13.8. The van der Waals surface area contributed by atoms with Gasteiger partial charge in [-0.15, -0.1) is 0 Å². The van der Waals surface area contributed by atoms with Gasteiger partial charge in [0.15, 0.2) is 11.4 Å². The number of aromatic hydroxyl groups is 1. The Kier molecular flexibility index (Phi) is 5.72. The second-order valence-electron chi connectivity index (χ2n) is 8.23. The molecule has 1 aliphatic heterocycles. The van der Waals surface area contributed by atoms with Gasteiger partial charge in [0.25, 0.3) is 11.8 Å². The molecule has 1 aliphatic carbocycles. The van der Waals surface area contributed by atoms with Crippen molar-refractivity contribution < 1.29 is 23.5 Å². The summed E-state index contributed by atoms with van der Waals surface area (Å²) < 4.78 is 28.1. The Morgan fingerprint density at radius 1 is 1.28 bits per heavy atom. The molecule has 0 radical (unpaired) electrons. The highest BCUT2D eigenvalue weighted by Crippen LogP contribution is 2.37. The molecule has 32 heavy (non-hydrogen) atoms. The number of pyridine rings is 1. The Labute approximate surface area is 182 Å². The summed E-state index contributed by atoms with van der Waals surface area (Å²) in [5.41, 5.74) is 4.67. The molecule has 3 atom stereocenters. The molecule has 1 aromatic heterocycles. The molecule has 1 saturated carbocycles. The van der Waals surface area contributed by atoms with E-state index in [4.69, 9.17) is 5.73 Å². The molecule has 2 aromatic rings. The molecule has 8 nitrogen and oxygen atoms in total. The number of carbonyl (C=O) groups is 2. The summed E-state index contributed by atoms with van der Waals surface area (Å²) in [5.74, 6) is -3.49. The first-order chi connectivity index (χ1) is 15.2. The minimum absolute atomic E-state index is 0.0286. The van der Waals surface area contributed by atoms with Crippen LogP contribution in [0.15, 0.2) is 29.2 Å². The Balaban J connectivity index is 1.60. The highest BCUT2D eigenvalue weighted by Gasteiger charge is 2.44. The summed E-state index contributed by atoms with van der Waals surface area (Å²) >= 11 is 0. The van der Waals surface area contributed by atoms with Gasteiger partial charge in [0.1, 0.15) is 17.2 Å². The molecule has 2 amide bonds. The molecular weight excluding hydrogens is 422 g/mol. The fourth-order valence-electron chi connectivity index (χ4n) is 4.47. The van der Waals surface area contributed by atoms with E-state index in [2.05, 4.69) is 5.32 Å². The molecule has 1 aromatic carbocycles. The third kappa shape index (κ3) is 3.64. The van der Waals surface area contributed by atoms with Gasteiger partial charge in [0.05, 0.1) is 12.7 Å². The van der Waals surface area contributed by atoms with E-state index >= 15 is 0 Å². The lowest BCUT2D eigenvalue weighted by molar-refractivity contribution is 0.0104. The first-order valence-corrected chi connectivity index (χ1v) is 10.5. The van der Waals surface area contributed by atoms with E-state index in [1.165, 1.54) is 21.7 Å². The van der Waals surface area contributed by atoms with Crippen molar-refractivity contribution in [3.63, 3.8) is 0 Å². The fraction of sp³-hybridized carbons (Fsp3) is 0.409. The molecule has 170 valence electrons. The van der Waals surface area contributed by atoms with Crippen LogP contribution in [0, 0.1) is 17.6 Å². The van der Waals surface area contributed by atoms with Crippen LogP contribution in [-0.4, -0.2) is 38.6 Å². The number of hydrogen-bond acceptors (Lipinski definition) is 5. The number of nitrogens with two attached hydrogens (primary N) is 1. The number of carbonyl (C=O) groups excluding carboxylic acids is 2.